The Morgan fingerprint density at radius 1 is 1.08 bits per heavy atom. The molecule has 2 N–H and O–H groups in total. The minimum Gasteiger partial charge on any atom is -0.352 e. The van der Waals surface area contributed by atoms with Gasteiger partial charge in [0.1, 0.15) is 0 Å². The van der Waals surface area contributed by atoms with Crippen LogP contribution in [0.3, 0.4) is 0 Å². The van der Waals surface area contributed by atoms with Crippen molar-refractivity contribution in [3.63, 3.8) is 0 Å². The number of piperazine rings is 1. The van der Waals surface area contributed by atoms with E-state index in [4.69, 9.17) is 0 Å². The van der Waals surface area contributed by atoms with E-state index in [1.165, 1.54) is 37.7 Å². The monoisotopic (exact) mass is 365 g/mol. The molecule has 0 atom stereocenters. The number of halogens is 1. The molecule has 1 aromatic carbocycles. The van der Waals surface area contributed by atoms with Crippen LogP contribution in [0.15, 0.2) is 24.3 Å². The molecule has 1 amide bonds. The van der Waals surface area contributed by atoms with E-state index in [2.05, 4.69) is 27.7 Å². The lowest BCUT2D eigenvalue weighted by Gasteiger charge is -2.27. The van der Waals surface area contributed by atoms with Crippen LogP contribution in [0.25, 0.3) is 0 Å². The zero-order valence-corrected chi connectivity index (χ0v) is 16.0. The highest BCUT2D eigenvalue weighted by Crippen LogP contribution is 2.32. The second-order valence-electron chi connectivity index (χ2n) is 7.16. The largest absolute Gasteiger partial charge is 0.352 e. The first-order valence-corrected chi connectivity index (χ1v) is 9.64. The molecule has 1 aromatic rings. The van der Waals surface area contributed by atoms with Crippen LogP contribution >= 0.6 is 12.4 Å². The number of hydrogen-bond donors (Lipinski definition) is 2. The highest BCUT2D eigenvalue weighted by molar-refractivity contribution is 5.94. The third-order valence-electron chi connectivity index (χ3n) is 5.40. The zero-order chi connectivity index (χ0) is 16.6. The van der Waals surface area contributed by atoms with E-state index in [0.29, 0.717) is 5.92 Å². The fraction of sp³-hybridized carbons (Fsp3) is 0.650. The van der Waals surface area contributed by atoms with Crippen molar-refractivity contribution < 1.29 is 4.79 Å². The van der Waals surface area contributed by atoms with Gasteiger partial charge in [0.05, 0.1) is 0 Å². The topological polar surface area (TPSA) is 44.4 Å². The molecule has 0 unspecified atom stereocenters. The molecule has 0 spiro atoms. The Labute approximate surface area is 158 Å². The van der Waals surface area contributed by atoms with E-state index in [9.17, 15) is 4.79 Å². The van der Waals surface area contributed by atoms with Gasteiger partial charge in [-0.15, -0.1) is 12.4 Å². The smallest absolute Gasteiger partial charge is 0.251 e. The van der Waals surface area contributed by atoms with Crippen LogP contribution in [-0.4, -0.2) is 50.1 Å². The van der Waals surface area contributed by atoms with Crippen molar-refractivity contribution >= 4 is 18.3 Å². The number of benzene rings is 1. The van der Waals surface area contributed by atoms with Crippen molar-refractivity contribution in [2.45, 2.75) is 44.4 Å². The molecule has 3 rings (SSSR count). The minimum atomic E-state index is 0. The van der Waals surface area contributed by atoms with Gasteiger partial charge in [0.15, 0.2) is 0 Å². The van der Waals surface area contributed by atoms with Gasteiger partial charge in [-0.25, -0.2) is 0 Å². The zero-order valence-electron chi connectivity index (χ0n) is 15.1. The molecule has 2 aliphatic rings. The van der Waals surface area contributed by atoms with E-state index >= 15 is 0 Å². The molecule has 1 heterocycles. The average molecular weight is 366 g/mol. The first-order valence-electron chi connectivity index (χ1n) is 9.64. The van der Waals surface area contributed by atoms with E-state index in [0.717, 1.165) is 51.3 Å². The van der Waals surface area contributed by atoms with Crippen LogP contribution in [0.4, 0.5) is 0 Å². The second kappa shape index (κ2) is 10.8. The molecule has 0 radical (unpaired) electrons. The number of nitrogens with one attached hydrogen (secondary N) is 2. The quantitative estimate of drug-likeness (QED) is 0.761. The number of hydrogen-bond acceptors (Lipinski definition) is 3. The van der Waals surface area contributed by atoms with Gasteiger partial charge in [0.25, 0.3) is 5.91 Å². The molecule has 1 saturated carbocycles. The SMILES string of the molecule is Cl.O=C(NCCCN1CCNCC1)c1ccc(C2CCCCC2)cc1. The van der Waals surface area contributed by atoms with Crippen LogP contribution in [-0.2, 0) is 0 Å². The maximum atomic E-state index is 12.2. The molecule has 0 aromatic heterocycles. The van der Waals surface area contributed by atoms with Gasteiger partial charge in [0, 0.05) is 38.3 Å². The Hall–Kier alpha value is -1.10. The standard InChI is InChI=1S/C20H31N3O.ClH/c24-20(22-11-4-14-23-15-12-21-13-16-23)19-9-7-18(8-10-19)17-5-2-1-3-6-17;/h7-10,17,21H,1-6,11-16H2,(H,22,24);1H. The van der Waals surface area contributed by atoms with Crippen LogP contribution < -0.4 is 10.6 Å². The molecule has 1 aliphatic heterocycles. The summed E-state index contributed by atoms with van der Waals surface area (Å²) < 4.78 is 0. The number of carbonyl (C=O) groups excluding carboxylic acids is 1. The Bertz CT molecular complexity index is 508. The maximum Gasteiger partial charge on any atom is 0.251 e. The van der Waals surface area contributed by atoms with Crippen molar-refractivity contribution in [2.75, 3.05) is 39.3 Å². The van der Waals surface area contributed by atoms with Crippen LogP contribution in [0, 0.1) is 0 Å². The Morgan fingerprint density at radius 2 is 1.76 bits per heavy atom. The molecular weight excluding hydrogens is 334 g/mol. The van der Waals surface area contributed by atoms with Gasteiger partial charge in [-0.3, -0.25) is 4.79 Å². The highest BCUT2D eigenvalue weighted by atomic mass is 35.5. The third-order valence-corrected chi connectivity index (χ3v) is 5.40. The number of carbonyl (C=O) groups is 1. The predicted molar refractivity (Wildman–Crippen MR) is 106 cm³/mol. The van der Waals surface area contributed by atoms with Gasteiger partial charge in [-0.1, -0.05) is 31.4 Å². The molecule has 2 fully saturated rings. The summed E-state index contributed by atoms with van der Waals surface area (Å²) in [7, 11) is 0. The summed E-state index contributed by atoms with van der Waals surface area (Å²) in [6.45, 7) is 6.24. The van der Waals surface area contributed by atoms with Gasteiger partial charge in [-0.05, 0) is 49.4 Å². The van der Waals surface area contributed by atoms with E-state index in [-0.39, 0.29) is 18.3 Å². The molecule has 0 bridgehead atoms. The van der Waals surface area contributed by atoms with Gasteiger partial charge in [-0.2, -0.15) is 0 Å². The predicted octanol–water partition coefficient (Wildman–Crippen LogP) is 3.18. The molecule has 140 valence electrons. The molecular formula is C20H32ClN3O. The van der Waals surface area contributed by atoms with Crippen LogP contribution in [0.5, 0.6) is 0 Å². The summed E-state index contributed by atoms with van der Waals surface area (Å²) in [6, 6.07) is 8.31. The maximum absolute atomic E-state index is 12.2. The van der Waals surface area contributed by atoms with Crippen molar-refractivity contribution in [3.8, 4) is 0 Å². The second-order valence-corrected chi connectivity index (χ2v) is 7.16. The van der Waals surface area contributed by atoms with Gasteiger partial charge >= 0.3 is 0 Å². The van der Waals surface area contributed by atoms with E-state index in [1.54, 1.807) is 0 Å². The van der Waals surface area contributed by atoms with Crippen LogP contribution in [0.2, 0.25) is 0 Å². The normalized spacial score (nSPS) is 19.2. The Balaban J connectivity index is 0.00000225. The summed E-state index contributed by atoms with van der Waals surface area (Å²) in [6.07, 6.45) is 7.70. The lowest BCUT2D eigenvalue weighted by molar-refractivity contribution is 0.0951. The number of amides is 1. The first-order chi connectivity index (χ1) is 11.8. The van der Waals surface area contributed by atoms with Gasteiger partial charge < -0.3 is 15.5 Å². The van der Waals surface area contributed by atoms with E-state index in [1.807, 2.05) is 12.1 Å². The Kier molecular flexibility index (Phi) is 8.73. The van der Waals surface area contributed by atoms with Crippen LogP contribution in [0.1, 0.15) is 60.4 Å². The van der Waals surface area contributed by atoms with Crippen molar-refractivity contribution in [2.24, 2.45) is 0 Å². The molecule has 5 heteroatoms. The van der Waals surface area contributed by atoms with Crippen molar-refractivity contribution in [1.82, 2.24) is 15.5 Å². The molecule has 4 nitrogen and oxygen atoms in total. The summed E-state index contributed by atoms with van der Waals surface area (Å²) in [4.78, 5) is 14.7. The highest BCUT2D eigenvalue weighted by Gasteiger charge is 2.16. The molecule has 1 saturated heterocycles. The average Bonchev–Trinajstić information content (AvgIpc) is 2.67. The molecule has 1 aliphatic carbocycles. The number of nitrogens with zero attached hydrogens (tertiary/aromatic N) is 1. The lowest BCUT2D eigenvalue weighted by atomic mass is 9.84. The van der Waals surface area contributed by atoms with Gasteiger partial charge in [0.2, 0.25) is 0 Å². The summed E-state index contributed by atoms with van der Waals surface area (Å²) in [5.41, 5.74) is 2.20. The lowest BCUT2D eigenvalue weighted by Crippen LogP contribution is -2.44. The summed E-state index contributed by atoms with van der Waals surface area (Å²) in [5.74, 6) is 0.764. The van der Waals surface area contributed by atoms with Crippen molar-refractivity contribution in [1.29, 1.82) is 0 Å². The van der Waals surface area contributed by atoms with E-state index < -0.39 is 0 Å². The third kappa shape index (κ3) is 6.28. The van der Waals surface area contributed by atoms with Crippen molar-refractivity contribution in [3.05, 3.63) is 35.4 Å². The number of rotatable bonds is 6. The molecule has 25 heavy (non-hydrogen) atoms. The summed E-state index contributed by atoms with van der Waals surface area (Å²) >= 11 is 0. The first kappa shape index (κ1) is 20.2. The fourth-order valence-corrected chi connectivity index (χ4v) is 3.88. The fourth-order valence-electron chi connectivity index (χ4n) is 3.88. The minimum absolute atomic E-state index is 0. The Morgan fingerprint density at radius 3 is 2.44 bits per heavy atom. The summed E-state index contributed by atoms with van der Waals surface area (Å²) in [5, 5.41) is 6.42.